The van der Waals surface area contributed by atoms with Gasteiger partial charge in [0.25, 0.3) is 0 Å². The summed E-state index contributed by atoms with van der Waals surface area (Å²) < 4.78 is 0. The van der Waals surface area contributed by atoms with Crippen LogP contribution < -0.4 is 0 Å². The Morgan fingerprint density at radius 1 is 1.50 bits per heavy atom. The normalized spacial score (nSPS) is 29.2. The van der Waals surface area contributed by atoms with Crippen LogP contribution in [0.2, 0.25) is 0 Å². The van der Waals surface area contributed by atoms with Gasteiger partial charge in [-0.05, 0) is 25.3 Å². The van der Waals surface area contributed by atoms with Crippen LogP contribution in [0.3, 0.4) is 0 Å². The summed E-state index contributed by atoms with van der Waals surface area (Å²) in [6, 6.07) is 0. The van der Waals surface area contributed by atoms with Crippen LogP contribution in [0.5, 0.6) is 0 Å². The molecule has 0 radical (unpaired) electrons. The molecule has 0 aromatic rings. The molecule has 0 saturated heterocycles. The molecule has 0 amide bonds. The van der Waals surface area contributed by atoms with Crippen molar-refractivity contribution in [3.05, 3.63) is 11.1 Å². The molecule has 2 nitrogen and oxygen atoms in total. The van der Waals surface area contributed by atoms with E-state index in [1.165, 1.54) is 5.57 Å². The largest absolute Gasteiger partial charge is 0.392 e. The van der Waals surface area contributed by atoms with E-state index in [4.69, 9.17) is 5.11 Å². The quantitative estimate of drug-likeness (QED) is 0.585. The van der Waals surface area contributed by atoms with E-state index in [0.29, 0.717) is 0 Å². The molecule has 1 rings (SSSR count). The second kappa shape index (κ2) is 3.19. The van der Waals surface area contributed by atoms with Gasteiger partial charge in [0.15, 0.2) is 0 Å². The van der Waals surface area contributed by atoms with E-state index in [1.807, 2.05) is 20.8 Å². The zero-order chi connectivity index (χ0) is 9.35. The maximum atomic E-state index is 9.71. The fourth-order valence-corrected chi connectivity index (χ4v) is 1.95. The van der Waals surface area contributed by atoms with Gasteiger partial charge in [0.1, 0.15) is 0 Å². The predicted molar refractivity (Wildman–Crippen MR) is 48.8 cm³/mol. The molecule has 1 atom stereocenters. The first-order valence-corrected chi connectivity index (χ1v) is 4.48. The Balaban J connectivity index is 3.00. The van der Waals surface area contributed by atoms with Gasteiger partial charge >= 0.3 is 0 Å². The van der Waals surface area contributed by atoms with Gasteiger partial charge in [-0.3, -0.25) is 0 Å². The third-order valence-electron chi connectivity index (χ3n) is 3.08. The molecule has 0 saturated carbocycles. The lowest BCUT2D eigenvalue weighted by molar-refractivity contribution is 0.0501. The molecule has 2 heteroatoms. The smallest absolute Gasteiger partial charge is 0.0650 e. The van der Waals surface area contributed by atoms with Crippen molar-refractivity contribution in [1.29, 1.82) is 0 Å². The monoisotopic (exact) mass is 170 g/mol. The Morgan fingerprint density at radius 3 is 2.50 bits per heavy atom. The predicted octanol–water partition coefficient (Wildman–Crippen LogP) is 1.48. The van der Waals surface area contributed by atoms with Crippen molar-refractivity contribution in [2.24, 2.45) is 5.41 Å². The summed E-state index contributed by atoms with van der Waals surface area (Å²) in [7, 11) is 0. The Kier molecular flexibility index (Phi) is 2.59. The van der Waals surface area contributed by atoms with Gasteiger partial charge in [-0.25, -0.2) is 0 Å². The van der Waals surface area contributed by atoms with Gasteiger partial charge in [-0.1, -0.05) is 19.4 Å². The highest BCUT2D eigenvalue weighted by molar-refractivity contribution is 5.24. The van der Waals surface area contributed by atoms with Crippen LogP contribution in [0, 0.1) is 5.41 Å². The van der Waals surface area contributed by atoms with Crippen LogP contribution in [0.4, 0.5) is 0 Å². The Hall–Kier alpha value is -0.340. The van der Waals surface area contributed by atoms with E-state index < -0.39 is 0 Å². The van der Waals surface area contributed by atoms with Crippen molar-refractivity contribution in [2.45, 2.75) is 39.7 Å². The maximum Gasteiger partial charge on any atom is 0.0650 e. The lowest BCUT2D eigenvalue weighted by Crippen LogP contribution is -2.36. The summed E-state index contributed by atoms with van der Waals surface area (Å²) in [5.41, 5.74) is 2.02. The molecule has 2 N–H and O–H groups in total. The summed E-state index contributed by atoms with van der Waals surface area (Å²) >= 11 is 0. The summed E-state index contributed by atoms with van der Waals surface area (Å²) in [6.45, 7) is 6.10. The molecule has 0 bridgehead atoms. The minimum absolute atomic E-state index is 0.0793. The zero-order valence-electron chi connectivity index (χ0n) is 8.09. The summed E-state index contributed by atoms with van der Waals surface area (Å²) in [6.07, 6.45) is 1.44. The van der Waals surface area contributed by atoms with Gasteiger partial charge in [0.05, 0.1) is 12.7 Å². The van der Waals surface area contributed by atoms with Gasteiger partial charge in [-0.15, -0.1) is 0 Å². The lowest BCUT2D eigenvalue weighted by Gasteiger charge is -2.38. The summed E-state index contributed by atoms with van der Waals surface area (Å²) in [4.78, 5) is 0. The fraction of sp³-hybridized carbons (Fsp3) is 0.800. The van der Waals surface area contributed by atoms with Crippen molar-refractivity contribution >= 4 is 0 Å². The summed E-state index contributed by atoms with van der Waals surface area (Å²) in [5, 5.41) is 18.9. The molecule has 0 aromatic heterocycles. The first kappa shape index (κ1) is 9.75. The van der Waals surface area contributed by atoms with Crippen molar-refractivity contribution in [2.75, 3.05) is 6.61 Å². The van der Waals surface area contributed by atoms with E-state index in [0.717, 1.165) is 18.4 Å². The van der Waals surface area contributed by atoms with Gasteiger partial charge in [0.2, 0.25) is 0 Å². The topological polar surface area (TPSA) is 40.5 Å². The highest BCUT2D eigenvalue weighted by Gasteiger charge is 2.35. The van der Waals surface area contributed by atoms with Crippen molar-refractivity contribution in [3.63, 3.8) is 0 Å². The van der Waals surface area contributed by atoms with Crippen LogP contribution in [0.1, 0.15) is 33.6 Å². The minimum atomic E-state index is -0.302. The van der Waals surface area contributed by atoms with Crippen LogP contribution >= 0.6 is 0 Å². The third kappa shape index (κ3) is 1.41. The minimum Gasteiger partial charge on any atom is -0.392 e. The zero-order valence-corrected chi connectivity index (χ0v) is 8.09. The van der Waals surface area contributed by atoms with Crippen LogP contribution in [0.25, 0.3) is 0 Å². The molecule has 0 unspecified atom stereocenters. The third-order valence-corrected chi connectivity index (χ3v) is 3.08. The van der Waals surface area contributed by atoms with E-state index in [2.05, 4.69) is 0 Å². The molecule has 0 aromatic carbocycles. The second-order valence-corrected chi connectivity index (χ2v) is 4.19. The van der Waals surface area contributed by atoms with E-state index in [9.17, 15) is 5.11 Å². The van der Waals surface area contributed by atoms with Crippen LogP contribution in [-0.2, 0) is 0 Å². The molecule has 0 heterocycles. The average molecular weight is 170 g/mol. The molecule has 1 aliphatic rings. The molecule has 0 fully saturated rings. The SMILES string of the molecule is CC1=C(CO)C(C)(C)[C@H](O)CC1. The van der Waals surface area contributed by atoms with Crippen LogP contribution in [0.15, 0.2) is 11.1 Å². The van der Waals surface area contributed by atoms with E-state index in [1.54, 1.807) is 0 Å². The number of hydrogen-bond acceptors (Lipinski definition) is 2. The van der Waals surface area contributed by atoms with Crippen molar-refractivity contribution < 1.29 is 10.2 Å². The Labute approximate surface area is 73.9 Å². The first-order valence-electron chi connectivity index (χ1n) is 4.48. The van der Waals surface area contributed by atoms with Gasteiger partial charge < -0.3 is 10.2 Å². The molecular formula is C10H18O2. The Bertz CT molecular complexity index is 204. The van der Waals surface area contributed by atoms with E-state index >= 15 is 0 Å². The fourth-order valence-electron chi connectivity index (χ4n) is 1.95. The second-order valence-electron chi connectivity index (χ2n) is 4.19. The molecule has 0 spiro atoms. The number of aliphatic hydroxyl groups is 2. The summed E-state index contributed by atoms with van der Waals surface area (Å²) in [5.74, 6) is 0. The molecule has 12 heavy (non-hydrogen) atoms. The van der Waals surface area contributed by atoms with Crippen molar-refractivity contribution in [1.82, 2.24) is 0 Å². The number of aliphatic hydroxyl groups excluding tert-OH is 2. The first-order chi connectivity index (χ1) is 5.50. The number of rotatable bonds is 1. The molecule has 70 valence electrons. The molecule has 1 aliphatic carbocycles. The van der Waals surface area contributed by atoms with E-state index in [-0.39, 0.29) is 18.1 Å². The lowest BCUT2D eigenvalue weighted by atomic mass is 9.71. The van der Waals surface area contributed by atoms with Crippen molar-refractivity contribution in [3.8, 4) is 0 Å². The van der Waals surface area contributed by atoms with Crippen LogP contribution in [-0.4, -0.2) is 22.9 Å². The average Bonchev–Trinajstić information content (AvgIpc) is 1.98. The highest BCUT2D eigenvalue weighted by atomic mass is 16.3. The maximum absolute atomic E-state index is 9.71. The highest BCUT2D eigenvalue weighted by Crippen LogP contribution is 2.39. The van der Waals surface area contributed by atoms with Gasteiger partial charge in [0, 0.05) is 5.41 Å². The number of hydrogen-bond donors (Lipinski definition) is 2. The number of allylic oxidation sites excluding steroid dienone is 1. The van der Waals surface area contributed by atoms with Gasteiger partial charge in [-0.2, -0.15) is 0 Å². The molecular weight excluding hydrogens is 152 g/mol. The standard InChI is InChI=1S/C10H18O2/c1-7-4-5-9(12)10(2,3)8(7)6-11/h9,11-12H,4-6H2,1-3H3/t9-/m1/s1. The molecule has 0 aliphatic heterocycles. The Morgan fingerprint density at radius 2 is 2.08 bits per heavy atom.